The molecule has 2 heterocycles. The number of hydrogen-bond donors (Lipinski definition) is 1. The van der Waals surface area contributed by atoms with E-state index in [0.717, 1.165) is 47.7 Å². The van der Waals surface area contributed by atoms with Gasteiger partial charge in [0.15, 0.2) is 5.82 Å². The zero-order valence-electron chi connectivity index (χ0n) is 16.7. The number of nitrogens with zero attached hydrogens (tertiary/aromatic N) is 4. The Morgan fingerprint density at radius 2 is 1.55 bits per heavy atom. The van der Waals surface area contributed by atoms with Crippen LogP contribution in [0.5, 0.6) is 5.75 Å². The SMILES string of the molecule is COc1ccc(N2CCN(c3ncnc(Sc4ccc(C)cc4)c3N)CC2)cc1. The third-order valence-electron chi connectivity index (χ3n) is 5.08. The maximum Gasteiger partial charge on any atom is 0.156 e. The van der Waals surface area contributed by atoms with Gasteiger partial charge < -0.3 is 20.3 Å². The first-order valence-electron chi connectivity index (χ1n) is 9.63. The molecule has 4 rings (SSSR count). The quantitative estimate of drug-likeness (QED) is 0.644. The number of methoxy groups -OCH3 is 1. The van der Waals surface area contributed by atoms with E-state index in [1.54, 1.807) is 25.2 Å². The Kier molecular flexibility index (Phi) is 5.76. The van der Waals surface area contributed by atoms with E-state index in [9.17, 15) is 0 Å². The molecule has 29 heavy (non-hydrogen) atoms. The maximum atomic E-state index is 6.45. The summed E-state index contributed by atoms with van der Waals surface area (Å²) in [5.41, 5.74) is 9.55. The molecule has 1 aliphatic rings. The molecule has 0 unspecified atom stereocenters. The second kappa shape index (κ2) is 8.61. The summed E-state index contributed by atoms with van der Waals surface area (Å²) in [7, 11) is 1.69. The Bertz CT molecular complexity index is 954. The van der Waals surface area contributed by atoms with Crippen LogP contribution in [0.1, 0.15) is 5.56 Å². The minimum absolute atomic E-state index is 0.649. The minimum Gasteiger partial charge on any atom is -0.497 e. The van der Waals surface area contributed by atoms with Gasteiger partial charge in [-0.3, -0.25) is 0 Å². The highest BCUT2D eigenvalue weighted by Crippen LogP contribution is 2.35. The summed E-state index contributed by atoms with van der Waals surface area (Å²) in [5.74, 6) is 1.70. The van der Waals surface area contributed by atoms with Crippen LogP contribution in [-0.2, 0) is 0 Å². The topological polar surface area (TPSA) is 67.5 Å². The van der Waals surface area contributed by atoms with Crippen molar-refractivity contribution in [1.82, 2.24) is 9.97 Å². The van der Waals surface area contributed by atoms with E-state index in [2.05, 4.69) is 63.1 Å². The third-order valence-corrected chi connectivity index (χ3v) is 6.11. The lowest BCUT2D eigenvalue weighted by molar-refractivity contribution is 0.415. The minimum atomic E-state index is 0.649. The summed E-state index contributed by atoms with van der Waals surface area (Å²) in [4.78, 5) is 14.6. The van der Waals surface area contributed by atoms with Crippen LogP contribution in [0, 0.1) is 6.92 Å². The summed E-state index contributed by atoms with van der Waals surface area (Å²) in [6, 6.07) is 16.6. The maximum absolute atomic E-state index is 6.45. The number of nitrogen functional groups attached to an aromatic ring is 1. The molecule has 0 spiro atoms. The van der Waals surface area contributed by atoms with Crippen molar-refractivity contribution in [2.24, 2.45) is 0 Å². The summed E-state index contributed by atoms with van der Waals surface area (Å²) < 4.78 is 5.25. The van der Waals surface area contributed by atoms with Gasteiger partial charge in [-0.1, -0.05) is 29.5 Å². The van der Waals surface area contributed by atoms with E-state index in [-0.39, 0.29) is 0 Å². The largest absolute Gasteiger partial charge is 0.497 e. The van der Waals surface area contributed by atoms with E-state index < -0.39 is 0 Å². The van der Waals surface area contributed by atoms with Crippen LogP contribution in [0.15, 0.2) is 64.8 Å². The number of anilines is 3. The van der Waals surface area contributed by atoms with Gasteiger partial charge in [0.1, 0.15) is 22.8 Å². The Hall–Kier alpha value is -2.93. The zero-order chi connectivity index (χ0) is 20.2. The number of hydrogen-bond acceptors (Lipinski definition) is 7. The first-order valence-corrected chi connectivity index (χ1v) is 10.4. The highest BCUT2D eigenvalue weighted by Gasteiger charge is 2.21. The van der Waals surface area contributed by atoms with Gasteiger partial charge in [-0.05, 0) is 43.3 Å². The first kappa shape index (κ1) is 19.4. The van der Waals surface area contributed by atoms with Crippen LogP contribution >= 0.6 is 11.8 Å². The summed E-state index contributed by atoms with van der Waals surface area (Å²) >= 11 is 1.58. The number of benzene rings is 2. The number of aryl methyl sites for hydroxylation is 1. The Labute approximate surface area is 175 Å². The lowest BCUT2D eigenvalue weighted by Crippen LogP contribution is -2.47. The van der Waals surface area contributed by atoms with Gasteiger partial charge in [0.25, 0.3) is 0 Å². The fourth-order valence-electron chi connectivity index (χ4n) is 3.39. The molecule has 2 N–H and O–H groups in total. The lowest BCUT2D eigenvalue weighted by atomic mass is 10.2. The molecule has 6 nitrogen and oxygen atoms in total. The van der Waals surface area contributed by atoms with Crippen molar-refractivity contribution in [3.63, 3.8) is 0 Å². The number of rotatable bonds is 5. The van der Waals surface area contributed by atoms with E-state index in [0.29, 0.717) is 5.69 Å². The van der Waals surface area contributed by atoms with E-state index in [1.165, 1.54) is 11.3 Å². The predicted octanol–water partition coefficient (Wildman–Crippen LogP) is 3.85. The van der Waals surface area contributed by atoms with Gasteiger partial charge in [-0.2, -0.15) is 0 Å². The predicted molar refractivity (Wildman–Crippen MR) is 119 cm³/mol. The van der Waals surface area contributed by atoms with Crippen molar-refractivity contribution in [3.05, 3.63) is 60.4 Å². The number of ether oxygens (including phenoxy) is 1. The second-order valence-electron chi connectivity index (χ2n) is 7.00. The standard InChI is InChI=1S/C22H25N5OS/c1-16-3-9-19(10-4-16)29-22-20(23)21(24-15-25-22)27-13-11-26(12-14-27)17-5-7-18(28-2)8-6-17/h3-10,15H,11-14,23H2,1-2H3. The molecule has 1 aromatic heterocycles. The van der Waals surface area contributed by atoms with Crippen LogP contribution in [0.4, 0.5) is 17.2 Å². The molecule has 0 bridgehead atoms. The van der Waals surface area contributed by atoms with Gasteiger partial charge in [0.05, 0.1) is 7.11 Å². The second-order valence-corrected chi connectivity index (χ2v) is 8.07. The zero-order valence-corrected chi connectivity index (χ0v) is 17.5. The number of piperazine rings is 1. The first-order chi connectivity index (χ1) is 14.1. The lowest BCUT2D eigenvalue weighted by Gasteiger charge is -2.37. The molecule has 0 saturated carbocycles. The monoisotopic (exact) mass is 407 g/mol. The molecule has 3 aromatic rings. The summed E-state index contributed by atoms with van der Waals surface area (Å²) in [6.45, 7) is 5.63. The third kappa shape index (κ3) is 4.40. The van der Waals surface area contributed by atoms with Gasteiger partial charge in [0, 0.05) is 36.8 Å². The average Bonchev–Trinajstić information content (AvgIpc) is 2.77. The van der Waals surface area contributed by atoms with Crippen LogP contribution < -0.4 is 20.3 Å². The Balaban J connectivity index is 1.44. The highest BCUT2D eigenvalue weighted by atomic mass is 32.2. The van der Waals surface area contributed by atoms with E-state index in [4.69, 9.17) is 10.5 Å². The normalized spacial score (nSPS) is 14.1. The van der Waals surface area contributed by atoms with Gasteiger partial charge in [-0.15, -0.1) is 0 Å². The van der Waals surface area contributed by atoms with Gasteiger partial charge in [0.2, 0.25) is 0 Å². The molecule has 1 saturated heterocycles. The molecule has 0 atom stereocenters. The van der Waals surface area contributed by atoms with Crippen molar-refractivity contribution in [2.45, 2.75) is 16.8 Å². The van der Waals surface area contributed by atoms with Crippen LogP contribution in [0.2, 0.25) is 0 Å². The number of nitrogens with two attached hydrogens (primary N) is 1. The van der Waals surface area contributed by atoms with Crippen LogP contribution in [0.25, 0.3) is 0 Å². The molecule has 1 fully saturated rings. The van der Waals surface area contributed by atoms with Crippen molar-refractivity contribution in [3.8, 4) is 5.75 Å². The Morgan fingerprint density at radius 3 is 2.21 bits per heavy atom. The molecule has 150 valence electrons. The molecular formula is C22H25N5OS. The Morgan fingerprint density at radius 1 is 0.897 bits per heavy atom. The van der Waals surface area contributed by atoms with Crippen molar-refractivity contribution in [2.75, 3.05) is 48.8 Å². The van der Waals surface area contributed by atoms with Crippen LogP contribution in [-0.4, -0.2) is 43.3 Å². The smallest absolute Gasteiger partial charge is 0.156 e. The summed E-state index contributed by atoms with van der Waals surface area (Å²) in [6.07, 6.45) is 1.61. The van der Waals surface area contributed by atoms with Crippen molar-refractivity contribution in [1.29, 1.82) is 0 Å². The van der Waals surface area contributed by atoms with E-state index in [1.807, 2.05) is 12.1 Å². The van der Waals surface area contributed by atoms with E-state index >= 15 is 0 Å². The molecule has 2 aromatic carbocycles. The molecule has 1 aliphatic heterocycles. The molecule has 0 aliphatic carbocycles. The number of aromatic nitrogens is 2. The van der Waals surface area contributed by atoms with Gasteiger partial charge >= 0.3 is 0 Å². The fraction of sp³-hybridized carbons (Fsp3) is 0.273. The summed E-state index contributed by atoms with van der Waals surface area (Å²) in [5, 5.41) is 0.802. The van der Waals surface area contributed by atoms with Crippen molar-refractivity contribution < 1.29 is 4.74 Å². The average molecular weight is 408 g/mol. The van der Waals surface area contributed by atoms with Gasteiger partial charge in [-0.25, -0.2) is 9.97 Å². The highest BCUT2D eigenvalue weighted by molar-refractivity contribution is 7.99. The molecule has 0 amide bonds. The van der Waals surface area contributed by atoms with Crippen molar-refractivity contribution >= 4 is 29.0 Å². The van der Waals surface area contributed by atoms with Crippen LogP contribution in [0.3, 0.4) is 0 Å². The molecular weight excluding hydrogens is 382 g/mol. The fourth-order valence-corrected chi connectivity index (χ4v) is 4.19. The molecule has 0 radical (unpaired) electrons. The molecule has 7 heteroatoms.